The molecule has 0 radical (unpaired) electrons. The van der Waals surface area contributed by atoms with Crippen LogP contribution in [-0.4, -0.2) is 34.5 Å². The molecule has 0 aromatic carbocycles. The third-order valence-electron chi connectivity index (χ3n) is 2.22. The fraction of sp³-hybridized carbons (Fsp3) is 1.00. The molecule has 1 rings (SSSR count). The molecule has 0 aromatic heterocycles. The minimum atomic E-state index is -3.27. The SMILES string of the molecule is COS(=O)(=O)C[C@H]1C[C@H](OC)C1. The lowest BCUT2D eigenvalue weighted by molar-refractivity contribution is 0.00807. The van der Waals surface area contributed by atoms with Crippen LogP contribution in [0, 0.1) is 5.92 Å². The molecule has 5 heteroatoms. The topological polar surface area (TPSA) is 52.6 Å². The van der Waals surface area contributed by atoms with Crippen molar-refractivity contribution < 1.29 is 17.3 Å². The highest BCUT2D eigenvalue weighted by molar-refractivity contribution is 7.86. The predicted molar refractivity (Wildman–Crippen MR) is 44.3 cm³/mol. The molecular formula is C7H14O4S. The van der Waals surface area contributed by atoms with Crippen LogP contribution in [0.25, 0.3) is 0 Å². The maximum absolute atomic E-state index is 10.9. The fourth-order valence-corrected chi connectivity index (χ4v) is 2.35. The van der Waals surface area contributed by atoms with E-state index in [9.17, 15) is 8.42 Å². The van der Waals surface area contributed by atoms with Gasteiger partial charge in [0.1, 0.15) is 0 Å². The lowest BCUT2D eigenvalue weighted by Gasteiger charge is -2.33. The minimum absolute atomic E-state index is 0.128. The van der Waals surface area contributed by atoms with Crippen LogP contribution in [0.2, 0.25) is 0 Å². The van der Waals surface area contributed by atoms with Gasteiger partial charge in [-0.1, -0.05) is 0 Å². The van der Waals surface area contributed by atoms with Crippen LogP contribution in [0.15, 0.2) is 0 Å². The van der Waals surface area contributed by atoms with Gasteiger partial charge < -0.3 is 4.74 Å². The maximum atomic E-state index is 10.9. The summed E-state index contributed by atoms with van der Waals surface area (Å²) < 4.78 is 31.2. The molecule has 0 aliphatic heterocycles. The second kappa shape index (κ2) is 3.72. The van der Waals surface area contributed by atoms with Gasteiger partial charge in [-0.05, 0) is 18.8 Å². The number of hydrogen-bond acceptors (Lipinski definition) is 4. The summed E-state index contributed by atoms with van der Waals surface area (Å²) in [6.45, 7) is 0. The summed E-state index contributed by atoms with van der Waals surface area (Å²) in [5, 5.41) is 0. The van der Waals surface area contributed by atoms with E-state index in [1.165, 1.54) is 7.11 Å². The van der Waals surface area contributed by atoms with Gasteiger partial charge in [0, 0.05) is 7.11 Å². The largest absolute Gasteiger partial charge is 0.381 e. The van der Waals surface area contributed by atoms with Gasteiger partial charge >= 0.3 is 0 Å². The van der Waals surface area contributed by atoms with E-state index in [2.05, 4.69) is 4.18 Å². The van der Waals surface area contributed by atoms with Gasteiger partial charge in [-0.2, -0.15) is 8.42 Å². The quantitative estimate of drug-likeness (QED) is 0.607. The lowest BCUT2D eigenvalue weighted by atomic mass is 9.84. The molecule has 0 bridgehead atoms. The molecule has 1 aliphatic carbocycles. The van der Waals surface area contributed by atoms with Crippen molar-refractivity contribution in [1.82, 2.24) is 0 Å². The Morgan fingerprint density at radius 1 is 1.33 bits per heavy atom. The van der Waals surface area contributed by atoms with Gasteiger partial charge in [0.05, 0.1) is 19.0 Å². The molecule has 1 aliphatic rings. The third-order valence-corrected chi connectivity index (χ3v) is 3.61. The number of methoxy groups -OCH3 is 1. The first kappa shape index (κ1) is 9.95. The first-order valence-corrected chi connectivity index (χ1v) is 5.46. The zero-order valence-corrected chi connectivity index (χ0v) is 8.13. The molecule has 72 valence electrons. The number of hydrogen-bond donors (Lipinski definition) is 0. The van der Waals surface area contributed by atoms with Crippen LogP contribution in [0.3, 0.4) is 0 Å². The Morgan fingerprint density at radius 3 is 2.33 bits per heavy atom. The Morgan fingerprint density at radius 2 is 1.92 bits per heavy atom. The molecule has 0 unspecified atom stereocenters. The van der Waals surface area contributed by atoms with Crippen molar-refractivity contribution in [2.45, 2.75) is 18.9 Å². The van der Waals surface area contributed by atoms with Gasteiger partial charge in [-0.25, -0.2) is 0 Å². The van der Waals surface area contributed by atoms with Crippen molar-refractivity contribution in [1.29, 1.82) is 0 Å². The second-order valence-electron chi connectivity index (χ2n) is 3.09. The molecule has 0 N–H and O–H groups in total. The van der Waals surface area contributed by atoms with Crippen LogP contribution >= 0.6 is 0 Å². The van der Waals surface area contributed by atoms with Gasteiger partial charge in [0.15, 0.2) is 0 Å². The highest BCUT2D eigenvalue weighted by Crippen LogP contribution is 2.30. The van der Waals surface area contributed by atoms with E-state index >= 15 is 0 Å². The Labute approximate surface area is 73.0 Å². The van der Waals surface area contributed by atoms with Gasteiger partial charge in [-0.3, -0.25) is 4.18 Å². The van der Waals surface area contributed by atoms with Crippen molar-refractivity contribution >= 4 is 10.1 Å². The van der Waals surface area contributed by atoms with Crippen LogP contribution < -0.4 is 0 Å². The maximum Gasteiger partial charge on any atom is 0.267 e. The molecule has 12 heavy (non-hydrogen) atoms. The average molecular weight is 194 g/mol. The van der Waals surface area contributed by atoms with Crippen molar-refractivity contribution in [2.75, 3.05) is 20.0 Å². The molecule has 0 saturated heterocycles. The minimum Gasteiger partial charge on any atom is -0.381 e. The summed E-state index contributed by atoms with van der Waals surface area (Å²) in [7, 11) is -0.426. The van der Waals surface area contributed by atoms with E-state index in [0.29, 0.717) is 0 Å². The fourth-order valence-electron chi connectivity index (χ4n) is 1.36. The summed E-state index contributed by atoms with van der Waals surface area (Å²) >= 11 is 0. The highest BCUT2D eigenvalue weighted by atomic mass is 32.2. The van der Waals surface area contributed by atoms with Crippen LogP contribution in [0.5, 0.6) is 0 Å². The molecule has 1 saturated carbocycles. The summed E-state index contributed by atoms with van der Waals surface area (Å²) in [5.74, 6) is 0.350. The van der Waals surface area contributed by atoms with E-state index in [-0.39, 0.29) is 17.8 Å². The second-order valence-corrected chi connectivity index (χ2v) is 4.87. The first-order valence-electron chi connectivity index (χ1n) is 3.88. The van der Waals surface area contributed by atoms with Gasteiger partial charge in [0.2, 0.25) is 0 Å². The lowest BCUT2D eigenvalue weighted by Crippen LogP contribution is -2.35. The molecule has 0 atom stereocenters. The van der Waals surface area contributed by atoms with E-state index in [4.69, 9.17) is 4.74 Å². The smallest absolute Gasteiger partial charge is 0.267 e. The summed E-state index contributed by atoms with van der Waals surface area (Å²) in [6.07, 6.45) is 1.92. The highest BCUT2D eigenvalue weighted by Gasteiger charge is 2.32. The van der Waals surface area contributed by atoms with Crippen molar-refractivity contribution in [3.8, 4) is 0 Å². The summed E-state index contributed by atoms with van der Waals surface area (Å²) in [6, 6.07) is 0. The Hall–Kier alpha value is -0.130. The molecule has 4 nitrogen and oxygen atoms in total. The van der Waals surface area contributed by atoms with Gasteiger partial charge in [0.25, 0.3) is 10.1 Å². The van der Waals surface area contributed by atoms with Crippen LogP contribution in [0.4, 0.5) is 0 Å². The number of ether oxygens (including phenoxy) is 1. The Bertz CT molecular complexity index is 228. The van der Waals surface area contributed by atoms with E-state index < -0.39 is 10.1 Å². The number of rotatable bonds is 4. The van der Waals surface area contributed by atoms with Gasteiger partial charge in [-0.15, -0.1) is 0 Å². The van der Waals surface area contributed by atoms with Crippen LogP contribution in [0.1, 0.15) is 12.8 Å². The third kappa shape index (κ3) is 2.43. The molecule has 0 heterocycles. The van der Waals surface area contributed by atoms with E-state index in [1.807, 2.05) is 0 Å². The first-order chi connectivity index (χ1) is 5.57. The standard InChI is InChI=1S/C7H14O4S/c1-10-7-3-6(4-7)5-12(8,9)11-2/h6-7H,3-5H2,1-2H3/t6-,7-. The average Bonchev–Trinajstić information content (AvgIpc) is 1.96. The van der Waals surface area contributed by atoms with Crippen LogP contribution in [-0.2, 0) is 19.0 Å². The zero-order chi connectivity index (χ0) is 9.19. The summed E-state index contributed by atoms with van der Waals surface area (Å²) in [5.41, 5.74) is 0. The zero-order valence-electron chi connectivity index (χ0n) is 7.32. The van der Waals surface area contributed by atoms with Crippen molar-refractivity contribution in [3.05, 3.63) is 0 Å². The summed E-state index contributed by atoms with van der Waals surface area (Å²) in [4.78, 5) is 0. The molecule has 0 amide bonds. The van der Waals surface area contributed by atoms with Crippen molar-refractivity contribution in [3.63, 3.8) is 0 Å². The van der Waals surface area contributed by atoms with Crippen molar-refractivity contribution in [2.24, 2.45) is 5.92 Å². The molecule has 1 fully saturated rings. The monoisotopic (exact) mass is 194 g/mol. The predicted octanol–water partition coefficient (Wildman–Crippen LogP) is 0.388. The normalized spacial score (nSPS) is 29.8. The molecular weight excluding hydrogens is 180 g/mol. The Balaban J connectivity index is 2.28. The van der Waals surface area contributed by atoms with E-state index in [1.54, 1.807) is 7.11 Å². The molecule has 0 spiro atoms. The Kier molecular flexibility index (Phi) is 3.09. The van der Waals surface area contributed by atoms with E-state index in [0.717, 1.165) is 12.8 Å². The molecule has 0 aromatic rings.